The molecule has 0 unspecified atom stereocenters. The van der Waals surface area contributed by atoms with Crippen molar-refractivity contribution in [2.45, 2.75) is 18.9 Å². The van der Waals surface area contributed by atoms with E-state index in [0.717, 1.165) is 11.0 Å². The van der Waals surface area contributed by atoms with Gasteiger partial charge in [-0.05, 0) is 42.6 Å². The molecule has 1 heterocycles. The molecule has 0 saturated heterocycles. The lowest BCUT2D eigenvalue weighted by molar-refractivity contribution is 0.767. The zero-order valence-corrected chi connectivity index (χ0v) is 8.89. The molecular formula is C10H8Cl2N2. The van der Waals surface area contributed by atoms with Gasteiger partial charge in [-0.2, -0.15) is 0 Å². The first-order valence-electron chi connectivity index (χ1n) is 4.59. The van der Waals surface area contributed by atoms with Crippen LogP contribution in [0.25, 0.3) is 11.0 Å². The van der Waals surface area contributed by atoms with E-state index < -0.39 is 0 Å². The second-order valence-electron chi connectivity index (χ2n) is 3.62. The Bertz CT molecular complexity index is 500. The van der Waals surface area contributed by atoms with Crippen LogP contribution < -0.4 is 0 Å². The van der Waals surface area contributed by atoms with Crippen LogP contribution >= 0.6 is 23.2 Å². The number of aromatic nitrogens is 2. The van der Waals surface area contributed by atoms with Gasteiger partial charge in [-0.15, -0.1) is 0 Å². The highest BCUT2D eigenvalue weighted by Crippen LogP contribution is 2.40. The van der Waals surface area contributed by atoms with Gasteiger partial charge in [0, 0.05) is 11.1 Å². The smallest absolute Gasteiger partial charge is 0.204 e. The van der Waals surface area contributed by atoms with Gasteiger partial charge >= 0.3 is 0 Å². The number of benzene rings is 1. The average molecular weight is 227 g/mol. The van der Waals surface area contributed by atoms with Gasteiger partial charge in [-0.25, -0.2) is 4.98 Å². The van der Waals surface area contributed by atoms with Gasteiger partial charge in [0.1, 0.15) is 0 Å². The fraction of sp³-hybridized carbons (Fsp3) is 0.300. The van der Waals surface area contributed by atoms with Crippen molar-refractivity contribution >= 4 is 34.2 Å². The maximum Gasteiger partial charge on any atom is 0.204 e. The molecule has 0 bridgehead atoms. The SMILES string of the molecule is Clc1ccc2c(c1)nc(Cl)n2C1CC1. The van der Waals surface area contributed by atoms with Gasteiger partial charge < -0.3 is 4.57 Å². The molecule has 0 aliphatic heterocycles. The van der Waals surface area contributed by atoms with Crippen LogP contribution in [0.4, 0.5) is 0 Å². The first kappa shape index (κ1) is 8.57. The summed E-state index contributed by atoms with van der Waals surface area (Å²) in [5.74, 6) is 0. The van der Waals surface area contributed by atoms with E-state index in [-0.39, 0.29) is 0 Å². The predicted octanol–water partition coefficient (Wildman–Crippen LogP) is 3.68. The zero-order valence-electron chi connectivity index (χ0n) is 7.37. The lowest BCUT2D eigenvalue weighted by atomic mass is 10.3. The third kappa shape index (κ3) is 1.22. The van der Waals surface area contributed by atoms with E-state index in [4.69, 9.17) is 23.2 Å². The van der Waals surface area contributed by atoms with Crippen molar-refractivity contribution in [2.24, 2.45) is 0 Å². The Balaban J connectivity index is 2.32. The van der Waals surface area contributed by atoms with Crippen LogP contribution in [-0.2, 0) is 0 Å². The molecule has 72 valence electrons. The van der Waals surface area contributed by atoms with Crippen LogP contribution in [0, 0.1) is 0 Å². The summed E-state index contributed by atoms with van der Waals surface area (Å²) in [5, 5.41) is 1.28. The summed E-state index contributed by atoms with van der Waals surface area (Å²) in [6.45, 7) is 0. The molecule has 2 nitrogen and oxygen atoms in total. The Kier molecular flexibility index (Phi) is 1.76. The van der Waals surface area contributed by atoms with Crippen LogP contribution in [-0.4, -0.2) is 9.55 Å². The Morgan fingerprint density at radius 1 is 1.29 bits per heavy atom. The van der Waals surface area contributed by atoms with Gasteiger partial charge in [-0.1, -0.05) is 11.6 Å². The van der Waals surface area contributed by atoms with Crippen molar-refractivity contribution < 1.29 is 0 Å². The first-order valence-corrected chi connectivity index (χ1v) is 5.34. The van der Waals surface area contributed by atoms with Crippen LogP contribution in [0.1, 0.15) is 18.9 Å². The minimum Gasteiger partial charge on any atom is -0.312 e. The average Bonchev–Trinajstić information content (AvgIpc) is 2.89. The summed E-state index contributed by atoms with van der Waals surface area (Å²) < 4.78 is 2.09. The van der Waals surface area contributed by atoms with E-state index in [9.17, 15) is 0 Å². The predicted molar refractivity (Wildman–Crippen MR) is 58.0 cm³/mol. The molecule has 1 aromatic heterocycles. The number of nitrogens with zero attached hydrogens (tertiary/aromatic N) is 2. The Morgan fingerprint density at radius 3 is 2.79 bits per heavy atom. The fourth-order valence-corrected chi connectivity index (χ4v) is 2.21. The molecule has 1 aliphatic rings. The largest absolute Gasteiger partial charge is 0.312 e. The highest BCUT2D eigenvalue weighted by atomic mass is 35.5. The van der Waals surface area contributed by atoms with Gasteiger partial charge in [0.15, 0.2) is 0 Å². The van der Waals surface area contributed by atoms with E-state index in [1.54, 1.807) is 0 Å². The van der Waals surface area contributed by atoms with Crippen LogP contribution in [0.15, 0.2) is 18.2 Å². The Morgan fingerprint density at radius 2 is 2.07 bits per heavy atom. The van der Waals surface area contributed by atoms with E-state index in [0.29, 0.717) is 16.3 Å². The second kappa shape index (κ2) is 2.88. The molecule has 0 amide bonds. The van der Waals surface area contributed by atoms with Crippen LogP contribution in [0.3, 0.4) is 0 Å². The fourth-order valence-electron chi connectivity index (χ4n) is 1.72. The molecule has 1 aromatic carbocycles. The maximum absolute atomic E-state index is 6.06. The Hall–Kier alpha value is -0.730. The van der Waals surface area contributed by atoms with Crippen molar-refractivity contribution in [3.63, 3.8) is 0 Å². The number of imidazole rings is 1. The molecule has 0 N–H and O–H groups in total. The summed E-state index contributed by atoms with van der Waals surface area (Å²) >= 11 is 11.9. The van der Waals surface area contributed by atoms with Gasteiger partial charge in [0.2, 0.25) is 5.28 Å². The maximum atomic E-state index is 6.06. The number of halogens is 2. The summed E-state index contributed by atoms with van der Waals surface area (Å²) in [7, 11) is 0. The zero-order chi connectivity index (χ0) is 9.71. The molecule has 0 atom stereocenters. The van der Waals surface area contributed by atoms with Crippen molar-refractivity contribution in [3.8, 4) is 0 Å². The molecule has 0 radical (unpaired) electrons. The summed E-state index contributed by atoms with van der Waals surface area (Å²) in [4.78, 5) is 4.28. The topological polar surface area (TPSA) is 17.8 Å². The molecule has 3 rings (SSSR count). The minimum atomic E-state index is 0.550. The van der Waals surface area contributed by atoms with Crippen molar-refractivity contribution in [1.82, 2.24) is 9.55 Å². The Labute approximate surface area is 91.4 Å². The van der Waals surface area contributed by atoms with E-state index >= 15 is 0 Å². The highest BCUT2D eigenvalue weighted by molar-refractivity contribution is 6.31. The number of hydrogen-bond donors (Lipinski definition) is 0. The molecule has 0 spiro atoms. The van der Waals surface area contributed by atoms with Crippen molar-refractivity contribution in [1.29, 1.82) is 0 Å². The molecule has 4 heteroatoms. The van der Waals surface area contributed by atoms with Gasteiger partial charge in [0.25, 0.3) is 0 Å². The third-order valence-electron chi connectivity index (χ3n) is 2.52. The standard InChI is InChI=1S/C10H8Cl2N2/c11-6-1-4-9-8(5-6)13-10(12)14(9)7-2-3-7/h1,4-5,7H,2-3H2. The molecule has 14 heavy (non-hydrogen) atoms. The number of hydrogen-bond acceptors (Lipinski definition) is 1. The lowest BCUT2D eigenvalue weighted by Crippen LogP contribution is -1.92. The van der Waals surface area contributed by atoms with E-state index in [1.165, 1.54) is 12.8 Å². The summed E-state index contributed by atoms with van der Waals surface area (Å²) in [6, 6.07) is 6.26. The van der Waals surface area contributed by atoms with E-state index in [2.05, 4.69) is 9.55 Å². The second-order valence-corrected chi connectivity index (χ2v) is 4.39. The number of rotatable bonds is 1. The number of fused-ring (bicyclic) bond motifs is 1. The van der Waals surface area contributed by atoms with Crippen LogP contribution in [0.5, 0.6) is 0 Å². The van der Waals surface area contributed by atoms with Crippen LogP contribution in [0.2, 0.25) is 10.3 Å². The van der Waals surface area contributed by atoms with E-state index in [1.807, 2.05) is 18.2 Å². The summed E-state index contributed by atoms with van der Waals surface area (Å²) in [6.07, 6.45) is 2.40. The van der Waals surface area contributed by atoms with Gasteiger partial charge in [-0.3, -0.25) is 0 Å². The molecular weight excluding hydrogens is 219 g/mol. The molecule has 1 saturated carbocycles. The van der Waals surface area contributed by atoms with Crippen molar-refractivity contribution in [2.75, 3.05) is 0 Å². The third-order valence-corrected chi connectivity index (χ3v) is 3.02. The molecule has 1 aliphatic carbocycles. The van der Waals surface area contributed by atoms with Gasteiger partial charge in [0.05, 0.1) is 11.0 Å². The molecule has 2 aromatic rings. The minimum absolute atomic E-state index is 0.550. The normalized spacial score (nSPS) is 16.4. The lowest BCUT2D eigenvalue weighted by Gasteiger charge is -2.01. The quantitative estimate of drug-likeness (QED) is 0.726. The molecule has 1 fully saturated rings. The van der Waals surface area contributed by atoms with Crippen molar-refractivity contribution in [3.05, 3.63) is 28.5 Å². The monoisotopic (exact) mass is 226 g/mol. The summed E-state index contributed by atoms with van der Waals surface area (Å²) in [5.41, 5.74) is 1.97. The first-order chi connectivity index (χ1) is 6.75. The highest BCUT2D eigenvalue weighted by Gasteiger charge is 2.27.